The smallest absolute Gasteiger partial charge is 0.250 e. The molecule has 1 aliphatic heterocycles. The van der Waals surface area contributed by atoms with Gasteiger partial charge in [-0.3, -0.25) is 0 Å². The zero-order chi connectivity index (χ0) is 13.3. The first-order valence-electron chi connectivity index (χ1n) is 5.90. The number of sulfonamides is 1. The van der Waals surface area contributed by atoms with E-state index >= 15 is 0 Å². The van der Waals surface area contributed by atoms with Crippen LogP contribution in [0.3, 0.4) is 0 Å². The predicted molar refractivity (Wildman–Crippen MR) is 74.9 cm³/mol. The molecule has 2 heterocycles. The van der Waals surface area contributed by atoms with E-state index in [4.69, 9.17) is 11.6 Å². The van der Waals surface area contributed by atoms with Crippen LogP contribution >= 0.6 is 22.9 Å². The summed E-state index contributed by atoms with van der Waals surface area (Å²) in [6, 6.07) is 1.98. The van der Waals surface area contributed by atoms with Crippen molar-refractivity contribution in [1.29, 1.82) is 0 Å². The molecule has 1 aromatic rings. The average molecular weight is 309 g/mol. The summed E-state index contributed by atoms with van der Waals surface area (Å²) in [4.78, 5) is 0. The molecular weight excluding hydrogens is 292 g/mol. The number of halogens is 1. The molecule has 2 unspecified atom stereocenters. The first-order valence-corrected chi connectivity index (χ1v) is 8.58. The standard InChI is InChI=1S/C11H17ClN2O2S2/c1-7-5-10(17-11(7)12)18(15,16)14-9-3-4-13-8(2)6-9/h5,8-9,13-14H,3-4,6H2,1-2H3. The van der Waals surface area contributed by atoms with Gasteiger partial charge in [0.15, 0.2) is 0 Å². The van der Waals surface area contributed by atoms with Crippen LogP contribution < -0.4 is 10.0 Å². The van der Waals surface area contributed by atoms with Gasteiger partial charge in [-0.1, -0.05) is 11.6 Å². The van der Waals surface area contributed by atoms with E-state index in [-0.39, 0.29) is 6.04 Å². The molecule has 2 N–H and O–H groups in total. The minimum atomic E-state index is -3.43. The van der Waals surface area contributed by atoms with E-state index in [0.29, 0.717) is 14.6 Å². The van der Waals surface area contributed by atoms with Gasteiger partial charge in [0.1, 0.15) is 4.21 Å². The second-order valence-electron chi connectivity index (χ2n) is 4.72. The van der Waals surface area contributed by atoms with Crippen LogP contribution in [-0.2, 0) is 10.0 Å². The Bertz CT molecular complexity index is 508. The van der Waals surface area contributed by atoms with Gasteiger partial charge in [0.2, 0.25) is 10.0 Å². The van der Waals surface area contributed by atoms with Gasteiger partial charge in [0.25, 0.3) is 0 Å². The molecule has 0 saturated carbocycles. The van der Waals surface area contributed by atoms with Gasteiger partial charge >= 0.3 is 0 Å². The Kier molecular flexibility index (Phi) is 4.33. The summed E-state index contributed by atoms with van der Waals surface area (Å²) < 4.78 is 28.0. The molecule has 0 bridgehead atoms. The lowest BCUT2D eigenvalue weighted by atomic mass is 10.0. The number of aryl methyl sites for hydroxylation is 1. The molecular formula is C11H17ClN2O2S2. The van der Waals surface area contributed by atoms with Crippen LogP contribution in [0.5, 0.6) is 0 Å². The Morgan fingerprint density at radius 2 is 2.28 bits per heavy atom. The normalized spacial score (nSPS) is 25.3. The summed E-state index contributed by atoms with van der Waals surface area (Å²) in [6.07, 6.45) is 1.64. The van der Waals surface area contributed by atoms with Crippen LogP contribution in [0.1, 0.15) is 25.3 Å². The lowest BCUT2D eigenvalue weighted by Crippen LogP contribution is -2.46. The second kappa shape index (κ2) is 5.46. The molecule has 0 amide bonds. The van der Waals surface area contributed by atoms with Crippen molar-refractivity contribution in [2.24, 2.45) is 0 Å². The molecule has 2 atom stereocenters. The molecule has 1 aliphatic rings. The zero-order valence-corrected chi connectivity index (χ0v) is 12.8. The molecule has 1 saturated heterocycles. The summed E-state index contributed by atoms with van der Waals surface area (Å²) in [5.74, 6) is 0. The summed E-state index contributed by atoms with van der Waals surface area (Å²) in [5, 5.41) is 3.30. The third-order valence-electron chi connectivity index (χ3n) is 3.04. The minimum absolute atomic E-state index is 0.00688. The highest BCUT2D eigenvalue weighted by Crippen LogP contribution is 2.30. The highest BCUT2D eigenvalue weighted by atomic mass is 35.5. The first kappa shape index (κ1) is 14.3. The first-order chi connectivity index (χ1) is 8.38. The molecule has 0 radical (unpaired) electrons. The topological polar surface area (TPSA) is 58.2 Å². The summed E-state index contributed by atoms with van der Waals surface area (Å²) >= 11 is 7.03. The molecule has 1 fully saturated rings. The van der Waals surface area contributed by atoms with Gasteiger partial charge in [-0.15, -0.1) is 11.3 Å². The average Bonchev–Trinajstić information content (AvgIpc) is 2.59. The van der Waals surface area contributed by atoms with Crippen molar-refractivity contribution in [3.63, 3.8) is 0 Å². The van der Waals surface area contributed by atoms with Crippen molar-refractivity contribution in [2.75, 3.05) is 6.54 Å². The van der Waals surface area contributed by atoms with Crippen LogP contribution in [0.15, 0.2) is 10.3 Å². The largest absolute Gasteiger partial charge is 0.314 e. The van der Waals surface area contributed by atoms with Gasteiger partial charge in [0.05, 0.1) is 4.34 Å². The van der Waals surface area contributed by atoms with Crippen molar-refractivity contribution in [3.8, 4) is 0 Å². The number of hydrogen-bond donors (Lipinski definition) is 2. The SMILES string of the molecule is Cc1cc(S(=O)(=O)NC2CCNC(C)C2)sc1Cl. The summed E-state index contributed by atoms with van der Waals surface area (Å²) in [5.41, 5.74) is 0.806. The molecule has 1 aromatic heterocycles. The maximum Gasteiger partial charge on any atom is 0.250 e. The third-order valence-corrected chi connectivity index (χ3v) is 6.59. The maximum absolute atomic E-state index is 12.2. The van der Waals surface area contributed by atoms with E-state index < -0.39 is 10.0 Å². The van der Waals surface area contributed by atoms with Gasteiger partial charge in [-0.05, 0) is 44.9 Å². The quantitative estimate of drug-likeness (QED) is 0.899. The van der Waals surface area contributed by atoms with E-state index in [9.17, 15) is 8.42 Å². The number of nitrogens with one attached hydrogen (secondary N) is 2. The predicted octanol–water partition coefficient (Wildman–Crippen LogP) is 2.13. The zero-order valence-electron chi connectivity index (χ0n) is 10.4. The Labute approximate surface area is 117 Å². The van der Waals surface area contributed by atoms with Crippen molar-refractivity contribution in [3.05, 3.63) is 16.0 Å². The molecule has 2 rings (SSSR count). The highest BCUT2D eigenvalue weighted by Gasteiger charge is 2.25. The van der Waals surface area contributed by atoms with E-state index in [0.717, 1.165) is 36.3 Å². The Hall–Kier alpha value is -0.140. The lowest BCUT2D eigenvalue weighted by molar-refractivity contribution is 0.361. The fraction of sp³-hybridized carbons (Fsp3) is 0.636. The second-order valence-corrected chi connectivity index (χ2v) is 8.32. The van der Waals surface area contributed by atoms with Gasteiger partial charge in [-0.2, -0.15) is 0 Å². The van der Waals surface area contributed by atoms with Crippen molar-refractivity contribution in [2.45, 2.75) is 43.0 Å². The van der Waals surface area contributed by atoms with E-state index in [1.807, 2.05) is 6.92 Å². The molecule has 0 aliphatic carbocycles. The maximum atomic E-state index is 12.2. The molecule has 4 nitrogen and oxygen atoms in total. The number of piperidine rings is 1. The Morgan fingerprint density at radius 1 is 1.56 bits per heavy atom. The Balaban J connectivity index is 2.12. The van der Waals surface area contributed by atoms with E-state index in [1.165, 1.54) is 0 Å². The van der Waals surface area contributed by atoms with Crippen LogP contribution in [0.2, 0.25) is 4.34 Å². The molecule has 102 valence electrons. The van der Waals surface area contributed by atoms with Crippen molar-refractivity contribution < 1.29 is 8.42 Å². The monoisotopic (exact) mass is 308 g/mol. The van der Waals surface area contributed by atoms with Crippen LogP contribution in [0.4, 0.5) is 0 Å². The fourth-order valence-electron chi connectivity index (χ4n) is 2.08. The van der Waals surface area contributed by atoms with Gasteiger partial charge in [0, 0.05) is 12.1 Å². The lowest BCUT2D eigenvalue weighted by Gasteiger charge is -2.28. The van der Waals surface area contributed by atoms with Crippen molar-refractivity contribution in [1.82, 2.24) is 10.0 Å². The fourth-order valence-corrected chi connectivity index (χ4v) is 5.09. The molecule has 7 heteroatoms. The number of thiophene rings is 1. The third kappa shape index (κ3) is 3.24. The highest BCUT2D eigenvalue weighted by molar-refractivity contribution is 7.91. The van der Waals surface area contributed by atoms with Gasteiger partial charge in [-0.25, -0.2) is 13.1 Å². The number of hydrogen-bond acceptors (Lipinski definition) is 4. The Morgan fingerprint density at radius 3 is 2.83 bits per heavy atom. The number of rotatable bonds is 3. The molecule has 18 heavy (non-hydrogen) atoms. The minimum Gasteiger partial charge on any atom is -0.314 e. The summed E-state index contributed by atoms with van der Waals surface area (Å²) in [7, 11) is -3.43. The van der Waals surface area contributed by atoms with E-state index in [2.05, 4.69) is 17.0 Å². The van der Waals surface area contributed by atoms with Crippen LogP contribution in [0, 0.1) is 6.92 Å². The van der Waals surface area contributed by atoms with Crippen molar-refractivity contribution >= 4 is 33.0 Å². The van der Waals surface area contributed by atoms with Gasteiger partial charge < -0.3 is 5.32 Å². The van der Waals surface area contributed by atoms with E-state index in [1.54, 1.807) is 6.07 Å². The van der Waals surface area contributed by atoms with Crippen LogP contribution in [-0.4, -0.2) is 27.0 Å². The molecule has 0 spiro atoms. The van der Waals surface area contributed by atoms with Crippen LogP contribution in [0.25, 0.3) is 0 Å². The summed E-state index contributed by atoms with van der Waals surface area (Å²) in [6.45, 7) is 4.72. The molecule has 0 aromatic carbocycles.